The van der Waals surface area contributed by atoms with Gasteiger partial charge in [0.25, 0.3) is 0 Å². The van der Waals surface area contributed by atoms with E-state index >= 15 is 0 Å². The number of aliphatic hydroxyl groups is 1. The van der Waals surface area contributed by atoms with Crippen molar-refractivity contribution >= 4 is 5.97 Å². The standard InChI is InChI=1S/C25H42O4/c1-2-3-4-13-18-23(29-21-22-16-11-10-12-17-22)19-14-8-6-5-7-9-15-20-24(26)25(27)28/h10-12,16-17,23-24,26H,2-9,13-15,18-21H2,1H3,(H,27,28). The first-order valence-corrected chi connectivity index (χ1v) is 11.7. The summed E-state index contributed by atoms with van der Waals surface area (Å²) in [6.45, 7) is 2.96. The van der Waals surface area contributed by atoms with Crippen LogP contribution in [0.25, 0.3) is 0 Å². The summed E-state index contributed by atoms with van der Waals surface area (Å²) in [5, 5.41) is 17.9. The number of unbranched alkanes of at least 4 members (excludes halogenated alkanes) is 9. The van der Waals surface area contributed by atoms with Crippen molar-refractivity contribution in [3.05, 3.63) is 35.9 Å². The number of carboxylic acid groups (broad SMARTS) is 1. The zero-order valence-corrected chi connectivity index (χ0v) is 18.4. The lowest BCUT2D eigenvalue weighted by atomic mass is 10.0. The number of hydrogen-bond donors (Lipinski definition) is 2. The predicted molar refractivity (Wildman–Crippen MR) is 119 cm³/mol. The Morgan fingerprint density at radius 2 is 1.34 bits per heavy atom. The monoisotopic (exact) mass is 406 g/mol. The fourth-order valence-electron chi connectivity index (χ4n) is 3.62. The highest BCUT2D eigenvalue weighted by atomic mass is 16.5. The maximum atomic E-state index is 10.6. The van der Waals surface area contributed by atoms with Crippen LogP contribution in [-0.4, -0.2) is 28.4 Å². The highest BCUT2D eigenvalue weighted by Gasteiger charge is 2.12. The maximum Gasteiger partial charge on any atom is 0.332 e. The normalized spacial score (nSPS) is 13.3. The van der Waals surface area contributed by atoms with Gasteiger partial charge < -0.3 is 14.9 Å². The number of carboxylic acids is 1. The van der Waals surface area contributed by atoms with Gasteiger partial charge >= 0.3 is 5.97 Å². The molecule has 1 aromatic carbocycles. The predicted octanol–water partition coefficient (Wildman–Crippen LogP) is 6.50. The fourth-order valence-corrected chi connectivity index (χ4v) is 3.62. The average Bonchev–Trinajstić information content (AvgIpc) is 2.73. The van der Waals surface area contributed by atoms with Crippen LogP contribution in [-0.2, 0) is 16.1 Å². The summed E-state index contributed by atoms with van der Waals surface area (Å²) in [5.74, 6) is -1.11. The molecule has 2 N–H and O–H groups in total. The highest BCUT2D eigenvalue weighted by molar-refractivity contribution is 5.71. The molecule has 0 aliphatic heterocycles. The van der Waals surface area contributed by atoms with Crippen molar-refractivity contribution in [2.24, 2.45) is 0 Å². The van der Waals surface area contributed by atoms with E-state index < -0.39 is 12.1 Å². The van der Waals surface area contributed by atoms with E-state index in [1.807, 2.05) is 6.07 Å². The molecular formula is C25H42O4. The summed E-state index contributed by atoms with van der Waals surface area (Å²) in [6.07, 6.45) is 14.8. The van der Waals surface area contributed by atoms with Gasteiger partial charge in [-0.05, 0) is 24.8 Å². The SMILES string of the molecule is CCCCCCC(CCCCCCCCCC(O)C(=O)O)OCc1ccccc1. The van der Waals surface area contributed by atoms with E-state index in [4.69, 9.17) is 9.84 Å². The van der Waals surface area contributed by atoms with E-state index in [9.17, 15) is 9.90 Å². The molecule has 0 heterocycles. The zero-order valence-electron chi connectivity index (χ0n) is 18.4. The summed E-state index contributed by atoms with van der Waals surface area (Å²) >= 11 is 0. The lowest BCUT2D eigenvalue weighted by Crippen LogP contribution is -2.18. The number of ether oxygens (including phenoxy) is 1. The van der Waals surface area contributed by atoms with Crippen molar-refractivity contribution in [1.82, 2.24) is 0 Å². The van der Waals surface area contributed by atoms with Gasteiger partial charge in [-0.15, -0.1) is 0 Å². The van der Waals surface area contributed by atoms with Crippen LogP contribution in [0, 0.1) is 0 Å². The summed E-state index contributed by atoms with van der Waals surface area (Å²) < 4.78 is 6.24. The van der Waals surface area contributed by atoms with Crippen LogP contribution >= 0.6 is 0 Å². The summed E-state index contributed by atoms with van der Waals surface area (Å²) in [5.41, 5.74) is 1.25. The number of hydrogen-bond acceptors (Lipinski definition) is 3. The van der Waals surface area contributed by atoms with Crippen LogP contribution < -0.4 is 0 Å². The van der Waals surface area contributed by atoms with Crippen LogP contribution in [0.1, 0.15) is 102 Å². The second kappa shape index (κ2) is 17.5. The first-order valence-electron chi connectivity index (χ1n) is 11.7. The van der Waals surface area contributed by atoms with Crippen LogP contribution in [0.3, 0.4) is 0 Å². The maximum absolute atomic E-state index is 10.6. The van der Waals surface area contributed by atoms with Gasteiger partial charge in [0.2, 0.25) is 0 Å². The van der Waals surface area contributed by atoms with E-state index in [-0.39, 0.29) is 0 Å². The first-order chi connectivity index (χ1) is 14.1. The molecule has 0 aromatic heterocycles. The van der Waals surface area contributed by atoms with Crippen molar-refractivity contribution in [1.29, 1.82) is 0 Å². The molecule has 0 saturated carbocycles. The van der Waals surface area contributed by atoms with E-state index in [0.717, 1.165) is 25.7 Å². The smallest absolute Gasteiger partial charge is 0.332 e. The van der Waals surface area contributed by atoms with Gasteiger partial charge in [0.15, 0.2) is 6.10 Å². The van der Waals surface area contributed by atoms with Crippen molar-refractivity contribution < 1.29 is 19.7 Å². The summed E-state index contributed by atoms with van der Waals surface area (Å²) in [6, 6.07) is 10.4. The Balaban J connectivity index is 2.12. The van der Waals surface area contributed by atoms with Gasteiger partial charge in [-0.25, -0.2) is 4.79 Å². The third kappa shape index (κ3) is 14.3. The number of benzene rings is 1. The molecule has 1 aromatic rings. The van der Waals surface area contributed by atoms with Gasteiger partial charge in [-0.1, -0.05) is 108 Å². The van der Waals surface area contributed by atoms with E-state index in [0.29, 0.717) is 19.1 Å². The van der Waals surface area contributed by atoms with Crippen LogP contribution in [0.15, 0.2) is 30.3 Å². The number of rotatable bonds is 19. The summed E-state index contributed by atoms with van der Waals surface area (Å²) in [7, 11) is 0. The molecule has 0 spiro atoms. The van der Waals surface area contributed by atoms with Gasteiger partial charge in [-0.2, -0.15) is 0 Å². The molecule has 0 bridgehead atoms. The third-order valence-electron chi connectivity index (χ3n) is 5.50. The van der Waals surface area contributed by atoms with Gasteiger partial charge in [0.1, 0.15) is 0 Å². The minimum Gasteiger partial charge on any atom is -0.479 e. The Kier molecular flexibility index (Phi) is 15.4. The van der Waals surface area contributed by atoms with Crippen LogP contribution in [0.2, 0.25) is 0 Å². The van der Waals surface area contributed by atoms with E-state index in [1.165, 1.54) is 63.4 Å². The number of carbonyl (C=O) groups is 1. The van der Waals surface area contributed by atoms with Crippen LogP contribution in [0.4, 0.5) is 0 Å². The largest absolute Gasteiger partial charge is 0.479 e. The second-order valence-corrected chi connectivity index (χ2v) is 8.17. The molecule has 1 rings (SSSR count). The fraction of sp³-hybridized carbons (Fsp3) is 0.720. The molecule has 2 unspecified atom stereocenters. The van der Waals surface area contributed by atoms with Gasteiger partial charge in [-0.3, -0.25) is 0 Å². The Morgan fingerprint density at radius 1 is 0.828 bits per heavy atom. The molecule has 0 saturated heterocycles. The minimum absolute atomic E-state index is 0.365. The van der Waals surface area contributed by atoms with E-state index in [2.05, 4.69) is 31.2 Å². The van der Waals surface area contributed by atoms with Crippen molar-refractivity contribution in [2.45, 2.75) is 116 Å². The highest BCUT2D eigenvalue weighted by Crippen LogP contribution is 2.18. The summed E-state index contributed by atoms with van der Waals surface area (Å²) in [4.78, 5) is 10.6. The van der Waals surface area contributed by atoms with Crippen LogP contribution in [0.5, 0.6) is 0 Å². The Hall–Kier alpha value is -1.39. The number of aliphatic hydroxyl groups excluding tert-OH is 1. The zero-order chi connectivity index (χ0) is 21.2. The second-order valence-electron chi connectivity index (χ2n) is 8.17. The molecular weight excluding hydrogens is 364 g/mol. The lowest BCUT2D eigenvalue weighted by Gasteiger charge is -2.18. The van der Waals surface area contributed by atoms with Gasteiger partial charge in [0, 0.05) is 0 Å². The van der Waals surface area contributed by atoms with Crippen molar-refractivity contribution in [3.8, 4) is 0 Å². The molecule has 0 aliphatic rings. The molecule has 0 radical (unpaired) electrons. The molecule has 2 atom stereocenters. The Labute approximate surface area is 177 Å². The molecule has 0 aliphatic carbocycles. The van der Waals surface area contributed by atoms with Gasteiger partial charge in [0.05, 0.1) is 12.7 Å². The molecule has 0 fully saturated rings. The van der Waals surface area contributed by atoms with Crippen molar-refractivity contribution in [3.63, 3.8) is 0 Å². The quantitative estimate of drug-likeness (QED) is 0.257. The molecule has 0 amide bonds. The number of aliphatic carboxylic acids is 1. The first kappa shape index (κ1) is 25.6. The Morgan fingerprint density at radius 3 is 1.90 bits per heavy atom. The average molecular weight is 407 g/mol. The molecule has 4 heteroatoms. The van der Waals surface area contributed by atoms with E-state index in [1.54, 1.807) is 0 Å². The third-order valence-corrected chi connectivity index (χ3v) is 5.50. The molecule has 4 nitrogen and oxygen atoms in total. The minimum atomic E-state index is -1.19. The molecule has 166 valence electrons. The van der Waals surface area contributed by atoms with Crippen molar-refractivity contribution in [2.75, 3.05) is 0 Å². The molecule has 29 heavy (non-hydrogen) atoms. The Bertz CT molecular complexity index is 503. The lowest BCUT2D eigenvalue weighted by molar-refractivity contribution is -0.146. The topological polar surface area (TPSA) is 66.8 Å².